The van der Waals surface area contributed by atoms with Crippen molar-refractivity contribution in [3.8, 4) is 11.5 Å². The summed E-state index contributed by atoms with van der Waals surface area (Å²) in [5.41, 5.74) is 1.36. The molecule has 1 aliphatic heterocycles. The quantitative estimate of drug-likeness (QED) is 0.639. The van der Waals surface area contributed by atoms with Crippen molar-refractivity contribution in [1.29, 1.82) is 0 Å². The summed E-state index contributed by atoms with van der Waals surface area (Å²) in [6.45, 7) is 3.95. The van der Waals surface area contributed by atoms with E-state index in [1.807, 2.05) is 44.2 Å². The van der Waals surface area contributed by atoms with Gasteiger partial charge in [0.05, 0.1) is 11.1 Å². The number of carboxylic acid groups (broad SMARTS) is 1. The monoisotopic (exact) mass is 350 g/mol. The summed E-state index contributed by atoms with van der Waals surface area (Å²) in [4.78, 5) is 23.1. The number of benzene rings is 2. The predicted octanol–water partition coefficient (Wildman–Crippen LogP) is 4.17. The minimum Gasteiger partial charge on any atom is -0.507 e. The first-order chi connectivity index (χ1) is 12.2. The fourth-order valence-electron chi connectivity index (χ4n) is 2.64. The molecule has 0 atom stereocenters. The lowest BCUT2D eigenvalue weighted by Gasteiger charge is -2.27. The van der Waals surface area contributed by atoms with Gasteiger partial charge in [-0.2, -0.15) is 0 Å². The third kappa shape index (κ3) is 3.67. The van der Waals surface area contributed by atoms with E-state index in [0.717, 1.165) is 22.9 Å². The van der Waals surface area contributed by atoms with Crippen LogP contribution in [0.2, 0.25) is 0 Å². The van der Waals surface area contributed by atoms with Crippen LogP contribution in [0.15, 0.2) is 48.6 Å². The molecule has 2 aromatic rings. The van der Waals surface area contributed by atoms with E-state index in [4.69, 9.17) is 9.84 Å². The lowest BCUT2D eigenvalue weighted by atomic mass is 10.00. The Morgan fingerprint density at radius 1 is 1.12 bits per heavy atom. The zero-order chi connectivity index (χ0) is 18.9. The summed E-state index contributed by atoms with van der Waals surface area (Å²) in [7, 11) is 0. The van der Waals surface area contributed by atoms with Gasteiger partial charge in [0, 0.05) is 5.56 Å². The van der Waals surface area contributed by atoms with Gasteiger partial charge in [0.2, 0.25) is 0 Å². The zero-order valence-corrected chi connectivity index (χ0v) is 14.4. The molecule has 0 saturated heterocycles. The first-order valence-electron chi connectivity index (χ1n) is 8.06. The standard InChI is InChI=1S/C21H18O5/c1-21(2)10-9-14-11-13(4-8-19(14)26-21)3-7-17(22)16-6-5-15(20(24)25)12-18(16)23/h3-12,23H,1-2H3,(H,24,25)/b7-3+. The van der Waals surface area contributed by atoms with Gasteiger partial charge in [0.1, 0.15) is 17.1 Å². The molecule has 26 heavy (non-hydrogen) atoms. The van der Waals surface area contributed by atoms with Crippen LogP contribution >= 0.6 is 0 Å². The highest BCUT2D eigenvalue weighted by molar-refractivity contribution is 6.09. The number of phenols is 1. The molecular formula is C21H18O5. The molecule has 5 nitrogen and oxygen atoms in total. The van der Waals surface area contributed by atoms with Crippen LogP contribution < -0.4 is 4.74 Å². The van der Waals surface area contributed by atoms with Gasteiger partial charge in [0.15, 0.2) is 5.78 Å². The summed E-state index contributed by atoms with van der Waals surface area (Å²) < 4.78 is 5.86. The van der Waals surface area contributed by atoms with Crippen molar-refractivity contribution in [2.75, 3.05) is 0 Å². The zero-order valence-electron chi connectivity index (χ0n) is 14.4. The molecule has 0 radical (unpaired) electrons. The molecule has 3 rings (SSSR count). The third-order valence-electron chi connectivity index (χ3n) is 4.01. The largest absolute Gasteiger partial charge is 0.507 e. The van der Waals surface area contributed by atoms with Gasteiger partial charge < -0.3 is 14.9 Å². The Labute approximate surface area is 150 Å². The number of allylic oxidation sites excluding steroid dienone is 1. The van der Waals surface area contributed by atoms with E-state index in [2.05, 4.69) is 0 Å². The van der Waals surface area contributed by atoms with E-state index in [9.17, 15) is 14.7 Å². The number of hydrogen-bond acceptors (Lipinski definition) is 4. The van der Waals surface area contributed by atoms with Crippen molar-refractivity contribution >= 4 is 23.9 Å². The highest BCUT2D eigenvalue weighted by atomic mass is 16.5. The molecule has 1 heterocycles. The molecule has 0 aromatic heterocycles. The van der Waals surface area contributed by atoms with E-state index in [0.29, 0.717) is 0 Å². The Bertz CT molecular complexity index is 951. The van der Waals surface area contributed by atoms with Gasteiger partial charge in [-0.1, -0.05) is 18.2 Å². The van der Waals surface area contributed by atoms with Gasteiger partial charge in [-0.15, -0.1) is 0 Å². The molecule has 0 spiro atoms. The third-order valence-corrected chi connectivity index (χ3v) is 4.01. The predicted molar refractivity (Wildman–Crippen MR) is 98.6 cm³/mol. The second-order valence-electron chi connectivity index (χ2n) is 6.57. The molecule has 0 unspecified atom stereocenters. The number of carboxylic acids is 1. The molecule has 0 saturated carbocycles. The Morgan fingerprint density at radius 2 is 1.88 bits per heavy atom. The van der Waals surface area contributed by atoms with Crippen molar-refractivity contribution in [2.24, 2.45) is 0 Å². The first kappa shape index (κ1) is 17.5. The Kier molecular flexibility index (Phi) is 4.38. The van der Waals surface area contributed by atoms with Crippen LogP contribution in [0.25, 0.3) is 12.2 Å². The second-order valence-corrected chi connectivity index (χ2v) is 6.57. The highest BCUT2D eigenvalue weighted by Crippen LogP contribution is 2.31. The molecule has 2 aromatic carbocycles. The Morgan fingerprint density at radius 3 is 2.58 bits per heavy atom. The average Bonchev–Trinajstić information content (AvgIpc) is 2.58. The van der Waals surface area contributed by atoms with E-state index in [-0.39, 0.29) is 22.5 Å². The highest BCUT2D eigenvalue weighted by Gasteiger charge is 2.21. The van der Waals surface area contributed by atoms with Crippen molar-refractivity contribution in [3.05, 3.63) is 70.8 Å². The maximum atomic E-state index is 12.3. The number of aromatic hydroxyl groups is 1. The lowest BCUT2D eigenvalue weighted by molar-refractivity contribution is 0.0696. The molecule has 1 aliphatic rings. The van der Waals surface area contributed by atoms with E-state index in [1.54, 1.807) is 6.08 Å². The summed E-state index contributed by atoms with van der Waals surface area (Å²) >= 11 is 0. The van der Waals surface area contributed by atoms with Crippen molar-refractivity contribution in [2.45, 2.75) is 19.4 Å². The van der Waals surface area contributed by atoms with Crippen molar-refractivity contribution in [3.63, 3.8) is 0 Å². The fraction of sp³-hybridized carbons (Fsp3) is 0.143. The number of carbonyl (C=O) groups is 2. The molecule has 5 heteroatoms. The Hall–Kier alpha value is -3.34. The number of hydrogen-bond donors (Lipinski definition) is 2. The van der Waals surface area contributed by atoms with Crippen LogP contribution in [0.1, 0.15) is 45.7 Å². The van der Waals surface area contributed by atoms with Crippen LogP contribution in [-0.2, 0) is 0 Å². The fourth-order valence-corrected chi connectivity index (χ4v) is 2.64. The van der Waals surface area contributed by atoms with Crippen LogP contribution in [0.5, 0.6) is 11.5 Å². The van der Waals surface area contributed by atoms with Crippen LogP contribution in [0.4, 0.5) is 0 Å². The number of ether oxygens (including phenoxy) is 1. The van der Waals surface area contributed by atoms with Crippen molar-refractivity contribution in [1.82, 2.24) is 0 Å². The lowest BCUT2D eigenvalue weighted by Crippen LogP contribution is -2.27. The van der Waals surface area contributed by atoms with E-state index in [1.165, 1.54) is 18.2 Å². The summed E-state index contributed by atoms with van der Waals surface area (Å²) in [6.07, 6.45) is 6.93. The van der Waals surface area contributed by atoms with E-state index < -0.39 is 11.8 Å². The number of ketones is 1. The van der Waals surface area contributed by atoms with Crippen LogP contribution in [-0.4, -0.2) is 27.6 Å². The molecule has 2 N–H and O–H groups in total. The number of phenolic OH excluding ortho intramolecular Hbond substituents is 1. The SMILES string of the molecule is CC1(C)C=Cc2cc(/C=C/C(=O)c3ccc(C(=O)O)cc3O)ccc2O1. The van der Waals surface area contributed by atoms with Gasteiger partial charge in [-0.25, -0.2) is 4.79 Å². The number of aromatic carboxylic acids is 1. The Balaban J connectivity index is 1.80. The number of rotatable bonds is 4. The molecule has 132 valence electrons. The summed E-state index contributed by atoms with van der Waals surface area (Å²) in [5.74, 6) is -1.15. The maximum Gasteiger partial charge on any atom is 0.335 e. The van der Waals surface area contributed by atoms with Gasteiger partial charge >= 0.3 is 5.97 Å². The van der Waals surface area contributed by atoms with Gasteiger partial charge in [0.25, 0.3) is 0 Å². The van der Waals surface area contributed by atoms with Gasteiger partial charge in [-0.3, -0.25) is 4.79 Å². The smallest absolute Gasteiger partial charge is 0.335 e. The number of carbonyl (C=O) groups excluding carboxylic acids is 1. The van der Waals surface area contributed by atoms with Gasteiger partial charge in [-0.05, 0) is 61.9 Å². The maximum absolute atomic E-state index is 12.3. The summed E-state index contributed by atoms with van der Waals surface area (Å²) in [5, 5.41) is 18.8. The van der Waals surface area contributed by atoms with Crippen LogP contribution in [0.3, 0.4) is 0 Å². The average molecular weight is 350 g/mol. The summed E-state index contributed by atoms with van der Waals surface area (Å²) in [6, 6.07) is 9.24. The minimum atomic E-state index is -1.16. The minimum absolute atomic E-state index is 0.0502. The molecule has 0 bridgehead atoms. The normalized spacial score (nSPS) is 14.7. The first-order valence-corrected chi connectivity index (χ1v) is 8.06. The molecule has 0 amide bonds. The molecular weight excluding hydrogens is 332 g/mol. The van der Waals surface area contributed by atoms with Crippen molar-refractivity contribution < 1.29 is 24.5 Å². The molecule has 0 aliphatic carbocycles. The molecule has 0 fully saturated rings. The van der Waals surface area contributed by atoms with Crippen LogP contribution in [0, 0.1) is 0 Å². The second kappa shape index (κ2) is 6.52. The van der Waals surface area contributed by atoms with E-state index >= 15 is 0 Å². The topological polar surface area (TPSA) is 83.8 Å². The number of fused-ring (bicyclic) bond motifs is 1.